The van der Waals surface area contributed by atoms with Crippen LogP contribution in [0, 0.1) is 6.92 Å². The Morgan fingerprint density at radius 2 is 2.00 bits per heavy atom. The van der Waals surface area contributed by atoms with Gasteiger partial charge in [-0.2, -0.15) is 23.4 Å². The van der Waals surface area contributed by atoms with Crippen molar-refractivity contribution in [1.29, 1.82) is 0 Å². The second-order valence-corrected chi connectivity index (χ2v) is 4.50. The molecule has 0 aliphatic rings. The number of benzene rings is 1. The summed E-state index contributed by atoms with van der Waals surface area (Å²) in [6.45, 7) is 4.26. The minimum absolute atomic E-state index is 0.126. The van der Waals surface area contributed by atoms with Gasteiger partial charge in [0.05, 0.1) is 12.2 Å². The fraction of sp³-hybridized carbons (Fsp3) is 0.286. The van der Waals surface area contributed by atoms with Gasteiger partial charge in [-0.25, -0.2) is 9.97 Å². The van der Waals surface area contributed by atoms with Crippen LogP contribution < -0.4 is 5.32 Å². The predicted molar refractivity (Wildman–Crippen MR) is 76.6 cm³/mol. The number of nitrogens with zero attached hydrogens (tertiary/aromatic N) is 4. The lowest BCUT2D eigenvalue weighted by Crippen LogP contribution is -2.10. The molecule has 0 amide bonds. The molecule has 0 radical (unpaired) electrons. The standard InChI is InChI=1S/C14H14F3N5/c1-3-19-22-11-7-9(2)6-10(8-11)20-13-18-5-4-12(21-13)14(15,16)17/h4-8H,3H2,1-2H3,(H,18,20,21). The monoisotopic (exact) mass is 309 g/mol. The third kappa shape index (κ3) is 4.24. The van der Waals surface area contributed by atoms with Gasteiger partial charge in [0.1, 0.15) is 5.69 Å². The van der Waals surface area contributed by atoms with Crippen molar-refractivity contribution in [3.63, 3.8) is 0 Å². The summed E-state index contributed by atoms with van der Waals surface area (Å²) in [5.41, 5.74) is 1.05. The van der Waals surface area contributed by atoms with Crippen molar-refractivity contribution in [3.8, 4) is 0 Å². The second kappa shape index (κ2) is 6.50. The molecular formula is C14H14F3N5. The summed E-state index contributed by atoms with van der Waals surface area (Å²) in [7, 11) is 0. The first-order valence-electron chi connectivity index (χ1n) is 6.55. The molecule has 0 atom stereocenters. The molecule has 116 valence electrons. The molecule has 0 aliphatic carbocycles. The molecular weight excluding hydrogens is 295 g/mol. The molecule has 2 aromatic rings. The van der Waals surface area contributed by atoms with Crippen molar-refractivity contribution in [2.45, 2.75) is 20.0 Å². The molecule has 1 aromatic carbocycles. The van der Waals surface area contributed by atoms with Crippen LogP contribution in [0.25, 0.3) is 0 Å². The van der Waals surface area contributed by atoms with E-state index in [9.17, 15) is 13.2 Å². The van der Waals surface area contributed by atoms with Crippen molar-refractivity contribution >= 4 is 17.3 Å². The lowest BCUT2D eigenvalue weighted by Gasteiger charge is -2.09. The van der Waals surface area contributed by atoms with E-state index in [1.165, 1.54) is 0 Å². The number of halogens is 3. The Morgan fingerprint density at radius 1 is 1.23 bits per heavy atom. The van der Waals surface area contributed by atoms with Crippen LogP contribution in [-0.4, -0.2) is 16.5 Å². The van der Waals surface area contributed by atoms with Gasteiger partial charge < -0.3 is 5.32 Å². The van der Waals surface area contributed by atoms with Crippen LogP contribution >= 0.6 is 0 Å². The summed E-state index contributed by atoms with van der Waals surface area (Å²) in [5.74, 6) is -0.126. The maximum absolute atomic E-state index is 12.6. The minimum atomic E-state index is -4.51. The minimum Gasteiger partial charge on any atom is -0.324 e. The highest BCUT2D eigenvalue weighted by molar-refractivity contribution is 5.61. The second-order valence-electron chi connectivity index (χ2n) is 4.50. The Bertz CT molecular complexity index is 682. The van der Waals surface area contributed by atoms with Crippen LogP contribution in [0.3, 0.4) is 0 Å². The number of rotatable bonds is 4. The molecule has 1 aromatic heterocycles. The zero-order valence-electron chi connectivity index (χ0n) is 12.0. The van der Waals surface area contributed by atoms with E-state index in [1.807, 2.05) is 19.9 Å². The molecule has 0 bridgehead atoms. The Morgan fingerprint density at radius 3 is 2.68 bits per heavy atom. The summed E-state index contributed by atoms with van der Waals surface area (Å²) in [6.07, 6.45) is -3.45. The molecule has 1 N–H and O–H groups in total. The van der Waals surface area contributed by atoms with Gasteiger partial charge in [0, 0.05) is 11.9 Å². The van der Waals surface area contributed by atoms with Gasteiger partial charge in [-0.1, -0.05) is 0 Å². The fourth-order valence-corrected chi connectivity index (χ4v) is 1.75. The Labute approximate surface area is 125 Å². The van der Waals surface area contributed by atoms with Gasteiger partial charge in [-0.05, 0) is 43.7 Å². The van der Waals surface area contributed by atoms with E-state index in [0.717, 1.165) is 17.8 Å². The average molecular weight is 309 g/mol. The van der Waals surface area contributed by atoms with E-state index < -0.39 is 11.9 Å². The highest BCUT2D eigenvalue weighted by Gasteiger charge is 2.32. The zero-order valence-corrected chi connectivity index (χ0v) is 12.0. The van der Waals surface area contributed by atoms with Gasteiger partial charge in [0.2, 0.25) is 5.95 Å². The van der Waals surface area contributed by atoms with Gasteiger partial charge in [-0.3, -0.25) is 0 Å². The molecule has 0 aliphatic heterocycles. The average Bonchev–Trinajstić information content (AvgIpc) is 2.44. The molecule has 2 rings (SSSR count). The van der Waals surface area contributed by atoms with Crippen LogP contribution in [-0.2, 0) is 6.18 Å². The number of hydrogen-bond acceptors (Lipinski definition) is 5. The molecule has 0 saturated heterocycles. The van der Waals surface area contributed by atoms with E-state index in [-0.39, 0.29) is 5.95 Å². The molecule has 0 spiro atoms. The SMILES string of the molecule is CCN=Nc1cc(C)cc(Nc2nccc(C(F)(F)F)n2)c1. The number of aryl methyl sites for hydroxylation is 1. The molecule has 8 heteroatoms. The Hall–Kier alpha value is -2.51. The van der Waals surface area contributed by atoms with E-state index in [1.54, 1.807) is 12.1 Å². The quantitative estimate of drug-likeness (QED) is 0.836. The van der Waals surface area contributed by atoms with Crippen LogP contribution in [0.15, 0.2) is 40.7 Å². The first kappa shape index (κ1) is 15.9. The lowest BCUT2D eigenvalue weighted by molar-refractivity contribution is -0.141. The fourth-order valence-electron chi connectivity index (χ4n) is 1.75. The van der Waals surface area contributed by atoms with Crippen molar-refractivity contribution in [1.82, 2.24) is 9.97 Å². The van der Waals surface area contributed by atoms with Crippen molar-refractivity contribution in [2.75, 3.05) is 11.9 Å². The van der Waals surface area contributed by atoms with E-state index >= 15 is 0 Å². The highest BCUT2D eigenvalue weighted by atomic mass is 19.4. The Kier molecular flexibility index (Phi) is 4.69. The van der Waals surface area contributed by atoms with Crippen molar-refractivity contribution < 1.29 is 13.2 Å². The van der Waals surface area contributed by atoms with Crippen molar-refractivity contribution in [2.24, 2.45) is 10.2 Å². The van der Waals surface area contributed by atoms with Gasteiger partial charge in [0.15, 0.2) is 0 Å². The number of azo groups is 1. The number of aromatic nitrogens is 2. The van der Waals surface area contributed by atoms with Gasteiger partial charge >= 0.3 is 6.18 Å². The van der Waals surface area contributed by atoms with Crippen LogP contribution in [0.5, 0.6) is 0 Å². The summed E-state index contributed by atoms with van der Waals surface area (Å²) < 4.78 is 37.9. The summed E-state index contributed by atoms with van der Waals surface area (Å²) in [5, 5.41) is 10.7. The van der Waals surface area contributed by atoms with E-state index in [4.69, 9.17) is 0 Å². The first-order valence-corrected chi connectivity index (χ1v) is 6.55. The lowest BCUT2D eigenvalue weighted by atomic mass is 10.2. The van der Waals surface area contributed by atoms with Gasteiger partial charge in [0.25, 0.3) is 0 Å². The van der Waals surface area contributed by atoms with E-state index in [0.29, 0.717) is 17.9 Å². The van der Waals surface area contributed by atoms with E-state index in [2.05, 4.69) is 25.5 Å². The van der Waals surface area contributed by atoms with Crippen LogP contribution in [0.4, 0.5) is 30.5 Å². The highest BCUT2D eigenvalue weighted by Crippen LogP contribution is 2.28. The number of alkyl halides is 3. The number of nitrogens with one attached hydrogen (secondary N) is 1. The largest absolute Gasteiger partial charge is 0.433 e. The maximum Gasteiger partial charge on any atom is 0.433 e. The molecule has 1 heterocycles. The summed E-state index contributed by atoms with van der Waals surface area (Å²) >= 11 is 0. The maximum atomic E-state index is 12.6. The normalized spacial score (nSPS) is 11.9. The summed E-state index contributed by atoms with van der Waals surface area (Å²) in [4.78, 5) is 7.25. The molecule has 0 saturated carbocycles. The predicted octanol–water partition coefficient (Wildman–Crippen LogP) is 4.65. The third-order valence-corrected chi connectivity index (χ3v) is 2.59. The number of hydrogen-bond donors (Lipinski definition) is 1. The molecule has 0 unspecified atom stereocenters. The number of anilines is 2. The summed E-state index contributed by atoms with van der Waals surface area (Å²) in [6, 6.07) is 6.06. The topological polar surface area (TPSA) is 62.5 Å². The molecule has 22 heavy (non-hydrogen) atoms. The van der Waals surface area contributed by atoms with Crippen LogP contribution in [0.2, 0.25) is 0 Å². The smallest absolute Gasteiger partial charge is 0.324 e. The van der Waals surface area contributed by atoms with Crippen molar-refractivity contribution in [3.05, 3.63) is 41.7 Å². The molecule has 5 nitrogen and oxygen atoms in total. The molecule has 0 fully saturated rings. The Balaban J connectivity index is 2.27. The first-order chi connectivity index (χ1) is 10.4. The third-order valence-electron chi connectivity index (χ3n) is 2.59. The zero-order chi connectivity index (χ0) is 16.2. The van der Waals surface area contributed by atoms with Gasteiger partial charge in [-0.15, -0.1) is 0 Å². The van der Waals surface area contributed by atoms with Crippen LogP contribution in [0.1, 0.15) is 18.2 Å².